The van der Waals surface area contributed by atoms with Crippen LogP contribution in [0.3, 0.4) is 0 Å². The fourth-order valence-corrected chi connectivity index (χ4v) is 3.12. The summed E-state index contributed by atoms with van der Waals surface area (Å²) in [4.78, 5) is 12.3. The van der Waals surface area contributed by atoms with Gasteiger partial charge in [0.2, 0.25) is 0 Å². The van der Waals surface area contributed by atoms with E-state index in [0.29, 0.717) is 10.6 Å². The minimum atomic E-state index is -3.45. The SMILES string of the molecule is C[C@@H](OC(=O)c1cc(S(C)(=O)=O)ccc1Cl)c1ccccc1Cl. The van der Waals surface area contributed by atoms with Crippen LogP contribution < -0.4 is 0 Å². The molecule has 0 N–H and O–H groups in total. The first-order chi connectivity index (χ1) is 10.7. The second kappa shape index (κ2) is 6.91. The van der Waals surface area contributed by atoms with Crippen LogP contribution in [0.1, 0.15) is 28.9 Å². The van der Waals surface area contributed by atoms with E-state index in [9.17, 15) is 13.2 Å². The van der Waals surface area contributed by atoms with Gasteiger partial charge >= 0.3 is 5.97 Å². The molecule has 0 amide bonds. The van der Waals surface area contributed by atoms with Crippen molar-refractivity contribution in [3.05, 3.63) is 63.6 Å². The van der Waals surface area contributed by atoms with Crippen molar-refractivity contribution in [2.24, 2.45) is 0 Å². The van der Waals surface area contributed by atoms with E-state index in [4.69, 9.17) is 27.9 Å². The highest BCUT2D eigenvalue weighted by Gasteiger charge is 2.20. The fourth-order valence-electron chi connectivity index (χ4n) is 1.98. The maximum atomic E-state index is 12.3. The van der Waals surface area contributed by atoms with E-state index in [0.717, 1.165) is 6.26 Å². The van der Waals surface area contributed by atoms with E-state index in [2.05, 4.69) is 0 Å². The third-order valence-electron chi connectivity index (χ3n) is 3.21. The molecule has 0 aliphatic rings. The predicted octanol–water partition coefficient (Wildman–Crippen LogP) is 4.31. The van der Waals surface area contributed by atoms with Gasteiger partial charge in [0.15, 0.2) is 9.84 Å². The molecule has 0 aliphatic carbocycles. The van der Waals surface area contributed by atoms with Gasteiger partial charge in [0.05, 0.1) is 15.5 Å². The van der Waals surface area contributed by atoms with Crippen LogP contribution >= 0.6 is 23.2 Å². The molecule has 0 spiro atoms. The molecule has 0 aliphatic heterocycles. The van der Waals surface area contributed by atoms with Crippen molar-refractivity contribution in [3.63, 3.8) is 0 Å². The number of carbonyl (C=O) groups excluding carboxylic acids is 1. The van der Waals surface area contributed by atoms with Gasteiger partial charge < -0.3 is 4.74 Å². The molecule has 23 heavy (non-hydrogen) atoms. The molecule has 0 saturated heterocycles. The summed E-state index contributed by atoms with van der Waals surface area (Å²) in [7, 11) is -3.45. The van der Waals surface area contributed by atoms with Gasteiger partial charge in [-0.15, -0.1) is 0 Å². The van der Waals surface area contributed by atoms with Gasteiger partial charge in [0, 0.05) is 16.8 Å². The smallest absolute Gasteiger partial charge is 0.340 e. The van der Waals surface area contributed by atoms with Crippen LogP contribution in [0.25, 0.3) is 0 Å². The average molecular weight is 373 g/mol. The maximum Gasteiger partial charge on any atom is 0.340 e. The quantitative estimate of drug-likeness (QED) is 0.749. The first-order valence-electron chi connectivity index (χ1n) is 6.65. The maximum absolute atomic E-state index is 12.3. The third kappa shape index (κ3) is 4.25. The molecule has 0 saturated carbocycles. The number of ether oxygens (including phenoxy) is 1. The van der Waals surface area contributed by atoms with Crippen molar-refractivity contribution in [2.75, 3.05) is 6.26 Å². The van der Waals surface area contributed by atoms with Crippen molar-refractivity contribution < 1.29 is 17.9 Å². The molecule has 2 aromatic carbocycles. The normalized spacial score (nSPS) is 12.7. The summed E-state index contributed by atoms with van der Waals surface area (Å²) < 4.78 is 28.5. The third-order valence-corrected chi connectivity index (χ3v) is 5.00. The van der Waals surface area contributed by atoms with Crippen LogP contribution in [0.5, 0.6) is 0 Å². The Labute approximate surface area is 144 Å². The molecule has 0 heterocycles. The summed E-state index contributed by atoms with van der Waals surface area (Å²) in [5.41, 5.74) is 0.645. The second-order valence-corrected chi connectivity index (χ2v) is 7.81. The highest BCUT2D eigenvalue weighted by atomic mass is 35.5. The highest BCUT2D eigenvalue weighted by molar-refractivity contribution is 7.90. The Kier molecular flexibility index (Phi) is 5.34. The lowest BCUT2D eigenvalue weighted by Crippen LogP contribution is -2.11. The Morgan fingerprint density at radius 3 is 2.35 bits per heavy atom. The van der Waals surface area contributed by atoms with Crippen LogP contribution in [0.2, 0.25) is 10.0 Å². The molecule has 2 rings (SSSR count). The van der Waals surface area contributed by atoms with Gasteiger partial charge in [-0.05, 0) is 31.2 Å². The summed E-state index contributed by atoms with van der Waals surface area (Å²) in [5.74, 6) is -0.715. The average Bonchev–Trinajstić information content (AvgIpc) is 2.46. The summed E-state index contributed by atoms with van der Waals surface area (Å²) in [6.07, 6.45) is 0.451. The highest BCUT2D eigenvalue weighted by Crippen LogP contribution is 2.28. The number of hydrogen-bond donors (Lipinski definition) is 0. The number of rotatable bonds is 4. The Bertz CT molecular complexity index is 847. The van der Waals surface area contributed by atoms with Gasteiger partial charge in [-0.25, -0.2) is 13.2 Å². The summed E-state index contributed by atoms with van der Waals surface area (Å²) in [6.45, 7) is 1.67. The van der Waals surface area contributed by atoms with Gasteiger partial charge in [-0.2, -0.15) is 0 Å². The van der Waals surface area contributed by atoms with E-state index in [1.807, 2.05) is 0 Å². The first-order valence-corrected chi connectivity index (χ1v) is 9.30. The van der Waals surface area contributed by atoms with Gasteiger partial charge in [-0.1, -0.05) is 41.4 Å². The van der Waals surface area contributed by atoms with Crippen molar-refractivity contribution in [1.29, 1.82) is 0 Å². The number of hydrogen-bond acceptors (Lipinski definition) is 4. The standard InChI is InChI=1S/C16H14Cl2O4S/c1-10(12-5-3-4-6-14(12)17)22-16(19)13-9-11(23(2,20)21)7-8-15(13)18/h3-10H,1-2H3/t10-/m1/s1. The topological polar surface area (TPSA) is 60.4 Å². The first kappa shape index (κ1) is 17.8. The van der Waals surface area contributed by atoms with Crippen molar-refractivity contribution in [2.45, 2.75) is 17.9 Å². The summed E-state index contributed by atoms with van der Waals surface area (Å²) in [6, 6.07) is 10.9. The Morgan fingerprint density at radius 2 is 1.74 bits per heavy atom. The number of halogens is 2. The number of carbonyl (C=O) groups is 1. The largest absolute Gasteiger partial charge is 0.454 e. The summed E-state index contributed by atoms with van der Waals surface area (Å²) in [5, 5.41) is 0.595. The molecule has 0 unspecified atom stereocenters. The van der Waals surface area contributed by atoms with E-state index < -0.39 is 21.9 Å². The number of sulfone groups is 1. The Morgan fingerprint density at radius 1 is 1.09 bits per heavy atom. The molecule has 0 radical (unpaired) electrons. The lowest BCUT2D eigenvalue weighted by atomic mass is 10.1. The zero-order valence-electron chi connectivity index (χ0n) is 12.4. The Balaban J connectivity index is 2.29. The van der Waals surface area contributed by atoms with E-state index in [-0.39, 0.29) is 15.5 Å². The minimum Gasteiger partial charge on any atom is -0.454 e. The monoisotopic (exact) mass is 372 g/mol. The lowest BCUT2D eigenvalue weighted by molar-refractivity contribution is 0.0338. The molecular formula is C16H14Cl2O4S. The van der Waals surface area contributed by atoms with Crippen molar-refractivity contribution in [1.82, 2.24) is 0 Å². The molecule has 7 heteroatoms. The molecule has 1 atom stereocenters. The second-order valence-electron chi connectivity index (χ2n) is 4.98. The molecule has 122 valence electrons. The minimum absolute atomic E-state index is 0.000698. The van der Waals surface area contributed by atoms with Crippen LogP contribution in [0, 0.1) is 0 Å². The molecule has 0 fully saturated rings. The zero-order valence-corrected chi connectivity index (χ0v) is 14.7. The summed E-state index contributed by atoms with van der Waals surface area (Å²) >= 11 is 12.0. The van der Waals surface area contributed by atoms with Crippen LogP contribution in [-0.2, 0) is 14.6 Å². The molecule has 4 nitrogen and oxygen atoms in total. The molecule has 0 bridgehead atoms. The van der Waals surface area contributed by atoms with Crippen LogP contribution in [0.4, 0.5) is 0 Å². The number of esters is 1. The number of benzene rings is 2. The van der Waals surface area contributed by atoms with Gasteiger partial charge in [-0.3, -0.25) is 0 Å². The van der Waals surface area contributed by atoms with E-state index >= 15 is 0 Å². The fraction of sp³-hybridized carbons (Fsp3) is 0.188. The van der Waals surface area contributed by atoms with Crippen molar-refractivity contribution >= 4 is 39.0 Å². The molecule has 0 aromatic heterocycles. The Hall–Kier alpha value is -1.56. The van der Waals surface area contributed by atoms with Crippen molar-refractivity contribution in [3.8, 4) is 0 Å². The van der Waals surface area contributed by atoms with Crippen LogP contribution in [0.15, 0.2) is 47.4 Å². The molecular weight excluding hydrogens is 359 g/mol. The van der Waals surface area contributed by atoms with Gasteiger partial charge in [0.25, 0.3) is 0 Å². The zero-order chi connectivity index (χ0) is 17.2. The molecule has 2 aromatic rings. The van der Waals surface area contributed by atoms with Gasteiger partial charge in [0.1, 0.15) is 6.10 Å². The lowest BCUT2D eigenvalue weighted by Gasteiger charge is -2.15. The van der Waals surface area contributed by atoms with Crippen LogP contribution in [-0.4, -0.2) is 20.6 Å². The van der Waals surface area contributed by atoms with E-state index in [1.54, 1.807) is 31.2 Å². The predicted molar refractivity (Wildman–Crippen MR) is 89.8 cm³/mol. The van der Waals surface area contributed by atoms with E-state index in [1.165, 1.54) is 18.2 Å².